The van der Waals surface area contributed by atoms with E-state index in [-0.39, 0.29) is 0 Å². The average molecular weight is 154 g/mol. The van der Waals surface area contributed by atoms with E-state index in [1.165, 1.54) is 0 Å². The lowest BCUT2D eigenvalue weighted by Crippen LogP contribution is -1.87. The minimum Gasteiger partial charge on any atom is -0.434 e. The van der Waals surface area contributed by atoms with Crippen LogP contribution < -0.4 is 0 Å². The van der Waals surface area contributed by atoms with Crippen LogP contribution in [0.3, 0.4) is 0 Å². The number of carbonyl (C=O) groups is 1. The molecule has 0 saturated carbocycles. The number of carbonyl (C=O) groups excluding carboxylic acids is 1. The van der Waals surface area contributed by atoms with Crippen LogP contribution in [0.2, 0.25) is 0 Å². The summed E-state index contributed by atoms with van der Waals surface area (Å²) in [7, 11) is 0. The largest absolute Gasteiger partial charge is 0.434 e. The summed E-state index contributed by atoms with van der Waals surface area (Å²) in [6, 6.07) is 0. The Bertz CT molecular complexity index is 138. The Hall–Kier alpha value is -1.05. The van der Waals surface area contributed by atoms with Crippen molar-refractivity contribution in [1.29, 1.82) is 0 Å². The summed E-state index contributed by atoms with van der Waals surface area (Å²) in [5.41, 5.74) is 0. The summed E-state index contributed by atoms with van der Waals surface area (Å²) >= 11 is 0. The molecule has 0 aliphatic heterocycles. The Morgan fingerprint density at radius 3 is 2.73 bits per heavy atom. The molecule has 0 fully saturated rings. The maximum atomic E-state index is 9.80. The molecule has 0 spiro atoms. The fourth-order valence-electron chi connectivity index (χ4n) is 0.738. The van der Waals surface area contributed by atoms with Crippen LogP contribution in [0, 0.1) is 0 Å². The van der Waals surface area contributed by atoms with Crippen LogP contribution in [0.1, 0.15) is 25.7 Å². The van der Waals surface area contributed by atoms with E-state index >= 15 is 0 Å². The highest BCUT2D eigenvalue weighted by molar-refractivity contribution is 5.39. The van der Waals surface area contributed by atoms with Crippen molar-refractivity contribution in [1.82, 2.24) is 0 Å². The molecule has 11 heavy (non-hydrogen) atoms. The van der Waals surface area contributed by atoms with Gasteiger partial charge in [0, 0.05) is 6.42 Å². The molecule has 62 valence electrons. The lowest BCUT2D eigenvalue weighted by Gasteiger charge is -2.00. The maximum Gasteiger partial charge on any atom is 0.298 e. The van der Waals surface area contributed by atoms with Gasteiger partial charge in [0.25, 0.3) is 6.47 Å². The standard InChI is InChI=1S/C9H14O2/c1-3-4-5-6-7-9(2)11-8-10/h3,8H,1-2,4-7H2. The van der Waals surface area contributed by atoms with Gasteiger partial charge in [0.2, 0.25) is 0 Å². The van der Waals surface area contributed by atoms with E-state index in [1.807, 2.05) is 6.08 Å². The van der Waals surface area contributed by atoms with Gasteiger partial charge in [-0.1, -0.05) is 12.7 Å². The zero-order valence-electron chi connectivity index (χ0n) is 6.71. The summed E-state index contributed by atoms with van der Waals surface area (Å²) in [5.74, 6) is 0.545. The van der Waals surface area contributed by atoms with Crippen LogP contribution in [0.25, 0.3) is 0 Å². The monoisotopic (exact) mass is 154 g/mol. The fraction of sp³-hybridized carbons (Fsp3) is 0.444. The third-order valence-electron chi connectivity index (χ3n) is 1.33. The fourth-order valence-corrected chi connectivity index (χ4v) is 0.738. The van der Waals surface area contributed by atoms with Gasteiger partial charge in [-0.3, -0.25) is 4.79 Å². The van der Waals surface area contributed by atoms with Crippen LogP contribution in [0.5, 0.6) is 0 Å². The number of ether oxygens (including phenoxy) is 1. The van der Waals surface area contributed by atoms with Crippen molar-refractivity contribution >= 4 is 6.47 Å². The predicted molar refractivity (Wildman–Crippen MR) is 45.0 cm³/mol. The molecule has 0 saturated heterocycles. The van der Waals surface area contributed by atoms with Crippen LogP contribution in [0.4, 0.5) is 0 Å². The van der Waals surface area contributed by atoms with Crippen molar-refractivity contribution in [2.75, 3.05) is 0 Å². The molecule has 0 atom stereocenters. The highest BCUT2D eigenvalue weighted by atomic mass is 16.5. The van der Waals surface area contributed by atoms with Crippen LogP contribution in [-0.2, 0) is 9.53 Å². The molecule has 0 heterocycles. The van der Waals surface area contributed by atoms with Gasteiger partial charge >= 0.3 is 0 Å². The summed E-state index contributed by atoms with van der Waals surface area (Å²) < 4.78 is 4.52. The molecule has 0 aliphatic carbocycles. The van der Waals surface area contributed by atoms with E-state index in [1.54, 1.807) is 0 Å². The Morgan fingerprint density at radius 2 is 2.18 bits per heavy atom. The second-order valence-corrected chi connectivity index (χ2v) is 2.29. The van der Waals surface area contributed by atoms with E-state index in [9.17, 15) is 4.79 Å². The Labute approximate surface area is 67.6 Å². The van der Waals surface area contributed by atoms with Crippen molar-refractivity contribution in [2.24, 2.45) is 0 Å². The van der Waals surface area contributed by atoms with E-state index < -0.39 is 0 Å². The van der Waals surface area contributed by atoms with Crippen molar-refractivity contribution in [3.63, 3.8) is 0 Å². The first-order valence-corrected chi connectivity index (χ1v) is 3.70. The normalized spacial score (nSPS) is 8.73. The molecule has 0 unspecified atom stereocenters. The highest BCUT2D eigenvalue weighted by Crippen LogP contribution is 2.07. The second kappa shape index (κ2) is 7.06. The minimum atomic E-state index is 0.413. The smallest absolute Gasteiger partial charge is 0.298 e. The van der Waals surface area contributed by atoms with Gasteiger partial charge in [-0.15, -0.1) is 6.58 Å². The highest BCUT2D eigenvalue weighted by Gasteiger charge is 1.92. The molecule has 0 aliphatic rings. The van der Waals surface area contributed by atoms with Gasteiger partial charge in [-0.2, -0.15) is 0 Å². The summed E-state index contributed by atoms with van der Waals surface area (Å²) in [4.78, 5) is 9.80. The Kier molecular flexibility index (Phi) is 6.39. The number of unbranched alkanes of at least 4 members (excludes halogenated alkanes) is 2. The third-order valence-corrected chi connectivity index (χ3v) is 1.33. The number of rotatable bonds is 7. The molecule has 0 amide bonds. The molecule has 0 aromatic rings. The van der Waals surface area contributed by atoms with E-state index in [0.717, 1.165) is 25.7 Å². The van der Waals surface area contributed by atoms with Gasteiger partial charge < -0.3 is 4.74 Å². The minimum absolute atomic E-state index is 0.413. The Balaban J connectivity index is 3.16. The molecule has 2 heteroatoms. The van der Waals surface area contributed by atoms with Gasteiger partial charge in [0.05, 0.1) is 0 Å². The SMILES string of the molecule is C=CCCCCC(=C)OC=O. The van der Waals surface area contributed by atoms with Gasteiger partial charge in [0.15, 0.2) is 0 Å². The lowest BCUT2D eigenvalue weighted by molar-refractivity contribution is -0.125. The van der Waals surface area contributed by atoms with Gasteiger partial charge in [0.1, 0.15) is 5.76 Å². The van der Waals surface area contributed by atoms with Crippen molar-refractivity contribution in [3.8, 4) is 0 Å². The topological polar surface area (TPSA) is 26.3 Å². The molecule has 0 rings (SSSR count). The second-order valence-electron chi connectivity index (χ2n) is 2.29. The number of hydrogen-bond acceptors (Lipinski definition) is 2. The van der Waals surface area contributed by atoms with E-state index in [0.29, 0.717) is 12.2 Å². The molecule has 2 nitrogen and oxygen atoms in total. The molecule has 0 aromatic carbocycles. The van der Waals surface area contributed by atoms with E-state index in [4.69, 9.17) is 0 Å². The first kappa shape index (κ1) is 9.95. The number of allylic oxidation sites excluding steroid dienone is 2. The molecular weight excluding hydrogens is 140 g/mol. The van der Waals surface area contributed by atoms with Crippen LogP contribution in [-0.4, -0.2) is 6.47 Å². The quantitative estimate of drug-likeness (QED) is 0.243. The molecular formula is C9H14O2. The van der Waals surface area contributed by atoms with Crippen molar-refractivity contribution < 1.29 is 9.53 Å². The first-order valence-electron chi connectivity index (χ1n) is 3.70. The van der Waals surface area contributed by atoms with Crippen LogP contribution >= 0.6 is 0 Å². The lowest BCUT2D eigenvalue weighted by atomic mass is 10.2. The van der Waals surface area contributed by atoms with Gasteiger partial charge in [-0.25, -0.2) is 0 Å². The van der Waals surface area contributed by atoms with Crippen LogP contribution in [0.15, 0.2) is 25.0 Å². The average Bonchev–Trinajstić information content (AvgIpc) is 1.99. The molecule has 0 radical (unpaired) electrons. The summed E-state index contributed by atoms with van der Waals surface area (Å²) in [5, 5.41) is 0. The van der Waals surface area contributed by atoms with Crippen molar-refractivity contribution in [3.05, 3.63) is 25.0 Å². The predicted octanol–water partition coefficient (Wildman–Crippen LogP) is 2.42. The first-order chi connectivity index (χ1) is 5.31. The zero-order valence-corrected chi connectivity index (χ0v) is 6.71. The van der Waals surface area contributed by atoms with Gasteiger partial charge in [-0.05, 0) is 19.3 Å². The molecule has 0 aromatic heterocycles. The molecule has 0 N–H and O–H groups in total. The summed E-state index contributed by atoms with van der Waals surface area (Å²) in [6.07, 6.45) is 5.72. The Morgan fingerprint density at radius 1 is 1.45 bits per heavy atom. The maximum absolute atomic E-state index is 9.80. The van der Waals surface area contributed by atoms with E-state index in [2.05, 4.69) is 17.9 Å². The zero-order chi connectivity index (χ0) is 8.53. The van der Waals surface area contributed by atoms with Crippen molar-refractivity contribution in [2.45, 2.75) is 25.7 Å². The number of hydrogen-bond donors (Lipinski definition) is 0. The molecule has 0 bridgehead atoms. The third kappa shape index (κ3) is 6.84. The summed E-state index contributed by atoms with van der Waals surface area (Å²) in [6.45, 7) is 7.58.